The maximum atomic E-state index is 13.6. The van der Waals surface area contributed by atoms with E-state index in [4.69, 9.17) is 50.2 Å². The first-order valence-corrected chi connectivity index (χ1v) is 46.8. The summed E-state index contributed by atoms with van der Waals surface area (Å²) in [5, 5.41) is 18.2. The van der Waals surface area contributed by atoms with Gasteiger partial charge in [-0.1, -0.05) is 178 Å². The molecule has 84 heavy (non-hydrogen) atoms. The number of halogens is 8. The Balaban J connectivity index is 0. The zero-order valence-electron chi connectivity index (χ0n) is 54.3. The predicted octanol–water partition coefficient (Wildman–Crippen LogP) is 19.9. The van der Waals surface area contributed by atoms with Gasteiger partial charge >= 0.3 is 88.5 Å². The molecule has 4 aromatic carbocycles. The molecule has 6 nitrogen and oxygen atoms in total. The van der Waals surface area contributed by atoms with Crippen LogP contribution in [0.3, 0.4) is 0 Å². The van der Waals surface area contributed by atoms with Gasteiger partial charge in [0.05, 0.1) is 12.1 Å². The van der Waals surface area contributed by atoms with Gasteiger partial charge in [-0.3, -0.25) is 4.79 Å². The average Bonchev–Trinajstić information content (AvgIpc) is 3.59. The van der Waals surface area contributed by atoms with Crippen LogP contribution in [0.1, 0.15) is 218 Å². The topological polar surface area (TPSA) is 113 Å². The number of nitrogens with one attached hydrogen (secondary N) is 2. The molecular formula is C67H104Br2Cl4F2N4O2Zn3. The Morgan fingerprint density at radius 3 is 1.38 bits per heavy atom. The molecule has 3 aliphatic rings. The molecule has 0 heterocycles. The second-order valence-corrected chi connectivity index (χ2v) is 34.1. The Morgan fingerprint density at radius 2 is 1.00 bits per heavy atom. The predicted molar refractivity (Wildman–Crippen MR) is 357 cm³/mol. The number of aliphatic hydroxyl groups excluding tert-OH is 1. The SMILES string of the molecule is CC(=O)N[C@@H](Cc1cc(F)cc(F)c1)[C@H](O)CNC1CCCc2ccc(CC(C)(C)C)cc21.CC(C)(C)CBr.CC(C)(C)Cc1ccc2c(c1)C(N)CCC2.NC1CCCc2ccc(Br)cc21.[CH2-]C(C)(C)C.[CH2-]C(C)(C)C.[Cl][Zn+].[Cl][Zn+].[Cl][Zn][Cl]. The molecule has 0 fully saturated rings. The maximum absolute atomic E-state index is 13.6. The molecule has 7 rings (SSSR count). The number of fused-ring (bicyclic) bond motifs is 3. The van der Waals surface area contributed by atoms with E-state index >= 15 is 0 Å². The van der Waals surface area contributed by atoms with E-state index in [-0.39, 0.29) is 53.2 Å². The third-order valence-electron chi connectivity index (χ3n) is 12.2. The number of amides is 1. The Bertz CT molecular complexity index is 2400. The van der Waals surface area contributed by atoms with E-state index in [2.05, 4.69) is 215 Å². The second kappa shape index (κ2) is 43.7. The van der Waals surface area contributed by atoms with Crippen LogP contribution in [-0.4, -0.2) is 35.0 Å². The van der Waals surface area contributed by atoms with E-state index in [1.54, 1.807) is 0 Å². The molecule has 17 heteroatoms. The quantitative estimate of drug-likeness (QED) is 0.0651. The van der Waals surface area contributed by atoms with Crippen molar-refractivity contribution in [3.8, 4) is 0 Å². The molecule has 0 aromatic heterocycles. The first-order valence-electron chi connectivity index (χ1n) is 29.3. The number of aliphatic hydroxyl groups is 1. The molecule has 0 bridgehead atoms. The number of rotatable bonds is 9. The minimum absolute atomic E-state index is 0.118. The fourth-order valence-electron chi connectivity index (χ4n) is 9.13. The van der Waals surface area contributed by atoms with Gasteiger partial charge in [-0.2, -0.15) is 10.8 Å². The second-order valence-electron chi connectivity index (χ2n) is 28.0. The van der Waals surface area contributed by atoms with Gasteiger partial charge in [0, 0.05) is 47.5 Å². The molecule has 3 aliphatic carbocycles. The van der Waals surface area contributed by atoms with Crippen LogP contribution in [0, 0.1) is 52.6 Å². The number of alkyl halides is 1. The molecule has 0 saturated carbocycles. The first-order chi connectivity index (χ1) is 38.7. The Morgan fingerprint density at radius 1 is 0.643 bits per heavy atom. The van der Waals surface area contributed by atoms with E-state index in [0.29, 0.717) is 16.4 Å². The fraction of sp³-hybridized carbons (Fsp3) is 0.597. The monoisotopic (exact) mass is 1520 g/mol. The summed E-state index contributed by atoms with van der Waals surface area (Å²) in [5.41, 5.74) is 25.0. The molecule has 3 unspecified atom stereocenters. The molecule has 7 N–H and O–H groups in total. The van der Waals surface area contributed by atoms with Gasteiger partial charge in [-0.25, -0.2) is 8.78 Å². The van der Waals surface area contributed by atoms with Crippen molar-refractivity contribution in [3.63, 3.8) is 0 Å². The zero-order chi connectivity index (χ0) is 65.4. The van der Waals surface area contributed by atoms with Gasteiger partial charge in [-0.15, -0.1) is 0 Å². The van der Waals surface area contributed by atoms with Crippen molar-refractivity contribution in [1.29, 1.82) is 0 Å². The molecule has 5 atom stereocenters. The van der Waals surface area contributed by atoms with Crippen LogP contribution < -0.4 is 22.1 Å². The van der Waals surface area contributed by atoms with Crippen LogP contribution in [0.2, 0.25) is 0 Å². The summed E-state index contributed by atoms with van der Waals surface area (Å²) in [5.74, 6) is -1.65. The third-order valence-corrected chi connectivity index (χ3v) is 14.4. The summed E-state index contributed by atoms with van der Waals surface area (Å²) in [6.07, 6.45) is 11.6. The zero-order valence-corrected chi connectivity index (χ0v) is 69.4. The standard InChI is InChI=1S/C27H36F2N2O2.C15H23N.C10H12BrN.C5H11Br.2C5H11.4ClH.3Zn/c1-17(32)31-25(13-19-10-21(28)14-22(29)11-19)26(33)16-30-24-7-5-6-20-9-8-18(12-23(20)24)15-27(2,3)4;1-15(2,3)10-11-7-8-12-5-4-6-14(16)13(12)9-11;11-8-5-4-7-2-1-3-10(12)9(7)6-8;1-5(2,3)4-6;2*1-5(2,3)4;;;;;;;/h8-12,14,24-26,30,33H,5-7,13,15-16H2,1-4H3,(H,31,32);7-9,14H,4-6,10,16H2,1-3H3;4-6,10H,1-3,12H2;4H2,1-3H3;2*1H2,2-4H3;4*1H;;;/q;;;;2*-1;;;;;3*+2/p-4/t24?,25-,26+;;;;;;;;;;;;/m0............/s1. The van der Waals surface area contributed by atoms with E-state index < -0.39 is 38.9 Å². The van der Waals surface area contributed by atoms with Crippen LogP contribution in [0.15, 0.2) is 77.3 Å². The minimum atomic E-state index is -0.931. The molecule has 466 valence electrons. The van der Waals surface area contributed by atoms with Crippen LogP contribution >= 0.6 is 70.6 Å². The summed E-state index contributed by atoms with van der Waals surface area (Å²) in [6.45, 7) is 41.8. The van der Waals surface area contributed by atoms with E-state index in [1.165, 1.54) is 89.2 Å². The summed E-state index contributed by atoms with van der Waals surface area (Å²) in [6, 6.07) is 23.3. The summed E-state index contributed by atoms with van der Waals surface area (Å²) < 4.78 is 28.4. The van der Waals surface area contributed by atoms with Crippen molar-refractivity contribution in [3.05, 3.63) is 153 Å². The van der Waals surface area contributed by atoms with Crippen molar-refractivity contribution < 1.29 is 68.5 Å². The molecule has 0 saturated heterocycles. The van der Waals surface area contributed by atoms with E-state index in [9.17, 15) is 18.7 Å². The van der Waals surface area contributed by atoms with Crippen molar-refractivity contribution in [2.24, 2.45) is 38.5 Å². The summed E-state index contributed by atoms with van der Waals surface area (Å²) in [7, 11) is 19.4. The number of nitrogens with two attached hydrogens (primary N) is 2. The number of hydrogen-bond donors (Lipinski definition) is 5. The van der Waals surface area contributed by atoms with Crippen LogP contribution in [-0.2, 0) is 93.1 Å². The number of aryl methyl sites for hydroxylation is 3. The number of carbonyl (C=O) groups excluding carboxylic acids is 1. The Labute approximate surface area is 571 Å². The number of benzene rings is 4. The van der Waals surface area contributed by atoms with Crippen molar-refractivity contribution in [2.75, 3.05) is 11.9 Å². The van der Waals surface area contributed by atoms with Crippen molar-refractivity contribution in [1.82, 2.24) is 10.6 Å². The summed E-state index contributed by atoms with van der Waals surface area (Å²) >= 11 is 7.60. The van der Waals surface area contributed by atoms with E-state index in [1.807, 2.05) is 0 Å². The average molecular weight is 1530 g/mol. The van der Waals surface area contributed by atoms with Crippen LogP contribution in [0.25, 0.3) is 0 Å². The van der Waals surface area contributed by atoms with Crippen molar-refractivity contribution in [2.45, 2.75) is 218 Å². The Kier molecular flexibility index (Phi) is 44.8. The van der Waals surface area contributed by atoms with E-state index in [0.717, 1.165) is 95.4 Å². The molecule has 0 spiro atoms. The molecule has 1 amide bonds. The van der Waals surface area contributed by atoms with Gasteiger partial charge < -0.3 is 41.1 Å². The van der Waals surface area contributed by atoms with Gasteiger partial charge in [-0.05, 0) is 168 Å². The number of hydrogen-bond acceptors (Lipinski definition) is 5. The van der Waals surface area contributed by atoms with Crippen molar-refractivity contribution >= 4 is 76.5 Å². The molecule has 0 radical (unpaired) electrons. The normalized spacial score (nSPS) is 16.7. The molecule has 4 aromatic rings. The van der Waals surface area contributed by atoms with Crippen LogP contribution in [0.4, 0.5) is 8.78 Å². The third kappa shape index (κ3) is 43.7. The number of carbonyl (C=O) groups is 1. The molecular weight excluding hydrogens is 1430 g/mol. The van der Waals surface area contributed by atoms with Gasteiger partial charge in [0.15, 0.2) is 0 Å². The van der Waals surface area contributed by atoms with Gasteiger partial charge in [0.25, 0.3) is 0 Å². The first kappa shape index (κ1) is 86.1. The van der Waals surface area contributed by atoms with Crippen LogP contribution in [0.5, 0.6) is 0 Å². The molecule has 0 aliphatic heterocycles. The Hall–Kier alpha value is 0.0401. The van der Waals surface area contributed by atoms with Gasteiger partial charge in [0.2, 0.25) is 5.91 Å². The summed E-state index contributed by atoms with van der Waals surface area (Å²) in [4.78, 5) is 11.7. The fourth-order valence-corrected chi connectivity index (χ4v) is 9.51. The van der Waals surface area contributed by atoms with Gasteiger partial charge in [0.1, 0.15) is 11.6 Å².